The molecular formula is C31H23BN4S. The van der Waals surface area contributed by atoms with Crippen molar-refractivity contribution in [1.82, 2.24) is 9.88 Å². The average molecular weight is 494 g/mol. The van der Waals surface area contributed by atoms with Crippen LogP contribution < -0.4 is 20.6 Å². The Morgan fingerprint density at radius 1 is 0.757 bits per heavy atom. The third-order valence-corrected chi connectivity index (χ3v) is 8.55. The molecule has 6 heteroatoms. The number of hydrogen-bond acceptors (Lipinski definition) is 5. The fourth-order valence-electron chi connectivity index (χ4n) is 6.11. The smallest absolute Gasteiger partial charge is 0.329 e. The third kappa shape index (κ3) is 3.06. The van der Waals surface area contributed by atoms with Crippen molar-refractivity contribution in [2.45, 2.75) is 0 Å². The van der Waals surface area contributed by atoms with Crippen LogP contribution in [0.2, 0.25) is 0 Å². The van der Waals surface area contributed by atoms with Crippen LogP contribution in [0.15, 0.2) is 109 Å². The second-order valence-corrected chi connectivity index (χ2v) is 10.8. The Morgan fingerprint density at radius 2 is 1.46 bits per heavy atom. The van der Waals surface area contributed by atoms with E-state index in [0.717, 1.165) is 11.7 Å². The van der Waals surface area contributed by atoms with Crippen LogP contribution in [0, 0.1) is 0 Å². The minimum Gasteiger partial charge on any atom is -0.376 e. The normalized spacial score (nSPS) is 14.7. The number of hydrogen-bond donors (Lipinski definition) is 0. The molecule has 0 unspecified atom stereocenters. The zero-order valence-electron chi connectivity index (χ0n) is 20.4. The maximum absolute atomic E-state index is 4.62. The van der Waals surface area contributed by atoms with Crippen molar-refractivity contribution in [3.63, 3.8) is 0 Å². The van der Waals surface area contributed by atoms with Gasteiger partial charge in [-0.1, -0.05) is 60.7 Å². The summed E-state index contributed by atoms with van der Waals surface area (Å²) < 4.78 is 0. The number of aromatic nitrogens is 1. The van der Waals surface area contributed by atoms with Gasteiger partial charge < -0.3 is 14.6 Å². The van der Waals surface area contributed by atoms with Crippen molar-refractivity contribution in [2.24, 2.45) is 0 Å². The van der Waals surface area contributed by atoms with Gasteiger partial charge in [0.15, 0.2) is 0 Å². The summed E-state index contributed by atoms with van der Waals surface area (Å²) in [6.45, 7) is 0.927. The van der Waals surface area contributed by atoms with E-state index in [0.29, 0.717) is 0 Å². The lowest BCUT2D eigenvalue weighted by atomic mass is 9.43. The van der Waals surface area contributed by atoms with Crippen LogP contribution in [0.3, 0.4) is 0 Å². The van der Waals surface area contributed by atoms with E-state index < -0.39 is 0 Å². The monoisotopic (exact) mass is 494 g/mol. The van der Waals surface area contributed by atoms with Gasteiger partial charge in [0.2, 0.25) is 0 Å². The highest BCUT2D eigenvalue weighted by Crippen LogP contribution is 2.46. The maximum Gasteiger partial charge on any atom is 0.329 e. The quantitative estimate of drug-likeness (QED) is 0.285. The molecule has 0 amide bonds. The number of thiazole rings is 1. The van der Waals surface area contributed by atoms with Gasteiger partial charge in [-0.2, -0.15) is 0 Å². The molecule has 0 bridgehead atoms. The van der Waals surface area contributed by atoms with E-state index in [1.54, 1.807) is 11.3 Å². The van der Waals surface area contributed by atoms with Gasteiger partial charge in [0.05, 0.1) is 6.67 Å². The molecule has 4 heterocycles. The second kappa shape index (κ2) is 7.86. The van der Waals surface area contributed by atoms with Gasteiger partial charge in [0.1, 0.15) is 5.01 Å². The Labute approximate surface area is 220 Å². The number of para-hydroxylation sites is 2. The van der Waals surface area contributed by atoms with Crippen molar-refractivity contribution in [2.75, 3.05) is 23.4 Å². The lowest BCUT2D eigenvalue weighted by Gasteiger charge is -2.43. The van der Waals surface area contributed by atoms with E-state index in [-0.39, 0.29) is 6.85 Å². The van der Waals surface area contributed by atoms with Crippen LogP contribution >= 0.6 is 11.3 Å². The first kappa shape index (κ1) is 20.9. The summed E-state index contributed by atoms with van der Waals surface area (Å²) in [6.07, 6.45) is 6.19. The minimum absolute atomic E-state index is 0.0685. The molecule has 0 N–H and O–H groups in total. The van der Waals surface area contributed by atoms with Crippen LogP contribution in [0.25, 0.3) is 32.8 Å². The molecule has 5 aromatic rings. The highest BCUT2D eigenvalue weighted by molar-refractivity contribution is 7.13. The molecule has 0 atom stereocenters. The van der Waals surface area contributed by atoms with Gasteiger partial charge >= 0.3 is 6.85 Å². The molecule has 1 aromatic heterocycles. The van der Waals surface area contributed by atoms with Crippen molar-refractivity contribution < 1.29 is 0 Å². The molecule has 0 fully saturated rings. The zero-order valence-corrected chi connectivity index (χ0v) is 21.2. The molecule has 3 aliphatic heterocycles. The van der Waals surface area contributed by atoms with E-state index >= 15 is 0 Å². The summed E-state index contributed by atoms with van der Waals surface area (Å²) >= 11 is 1.69. The molecule has 4 nitrogen and oxygen atoms in total. The van der Waals surface area contributed by atoms with Gasteiger partial charge in [-0.15, -0.1) is 11.3 Å². The van der Waals surface area contributed by atoms with Crippen LogP contribution in [0.1, 0.15) is 0 Å². The number of nitrogens with zero attached hydrogens (tertiary/aromatic N) is 4. The first-order chi connectivity index (χ1) is 18.3. The highest BCUT2D eigenvalue weighted by atomic mass is 32.1. The Balaban J connectivity index is 1.42. The van der Waals surface area contributed by atoms with Gasteiger partial charge in [0.25, 0.3) is 0 Å². The topological polar surface area (TPSA) is 22.6 Å². The number of benzene rings is 4. The lowest BCUT2D eigenvalue weighted by Crippen LogP contribution is -2.59. The Bertz CT molecular complexity index is 1710. The summed E-state index contributed by atoms with van der Waals surface area (Å²) in [5.74, 6) is 0. The molecule has 0 saturated heterocycles. The fourth-order valence-corrected chi connectivity index (χ4v) is 6.74. The zero-order chi connectivity index (χ0) is 24.5. The van der Waals surface area contributed by atoms with E-state index in [4.69, 9.17) is 0 Å². The summed E-state index contributed by atoms with van der Waals surface area (Å²) in [5, 5.41) is 3.11. The van der Waals surface area contributed by atoms with Crippen LogP contribution in [-0.2, 0) is 0 Å². The van der Waals surface area contributed by atoms with E-state index in [1.165, 1.54) is 55.8 Å². The summed E-state index contributed by atoms with van der Waals surface area (Å²) in [5.41, 5.74) is 12.7. The maximum atomic E-state index is 4.62. The Kier molecular flexibility index (Phi) is 4.43. The average Bonchev–Trinajstić information content (AvgIpc) is 3.65. The van der Waals surface area contributed by atoms with Gasteiger partial charge in [-0.25, -0.2) is 4.98 Å². The molecule has 0 radical (unpaired) electrons. The highest BCUT2D eigenvalue weighted by Gasteiger charge is 2.42. The van der Waals surface area contributed by atoms with E-state index in [1.807, 2.05) is 6.20 Å². The Hall–Kier alpha value is -4.29. The first-order valence-electron chi connectivity index (χ1n) is 12.6. The van der Waals surface area contributed by atoms with E-state index in [9.17, 15) is 0 Å². The molecule has 4 aromatic carbocycles. The van der Waals surface area contributed by atoms with Crippen LogP contribution in [-0.4, -0.2) is 30.4 Å². The predicted octanol–water partition coefficient (Wildman–Crippen LogP) is 5.90. The minimum atomic E-state index is 0.0685. The largest absolute Gasteiger partial charge is 0.376 e. The van der Waals surface area contributed by atoms with Gasteiger partial charge in [-0.3, -0.25) is 0 Å². The third-order valence-electron chi connectivity index (χ3n) is 7.73. The molecule has 0 aliphatic carbocycles. The number of anilines is 3. The van der Waals surface area contributed by atoms with Crippen molar-refractivity contribution in [3.8, 4) is 32.8 Å². The number of fused-ring (bicyclic) bond motifs is 11. The van der Waals surface area contributed by atoms with Crippen molar-refractivity contribution >= 4 is 46.2 Å². The molecule has 0 saturated carbocycles. The second-order valence-electron chi connectivity index (χ2n) is 9.88. The van der Waals surface area contributed by atoms with Crippen molar-refractivity contribution in [1.29, 1.82) is 0 Å². The van der Waals surface area contributed by atoms with Gasteiger partial charge in [0, 0.05) is 64.8 Å². The molecular weight excluding hydrogens is 471 g/mol. The number of rotatable bonds is 2. The first-order valence-corrected chi connectivity index (χ1v) is 13.5. The van der Waals surface area contributed by atoms with Crippen LogP contribution in [0.5, 0.6) is 0 Å². The molecule has 0 spiro atoms. The van der Waals surface area contributed by atoms with Gasteiger partial charge in [-0.05, 0) is 46.3 Å². The summed E-state index contributed by atoms with van der Waals surface area (Å²) in [6, 6.07) is 31.5. The van der Waals surface area contributed by atoms with E-state index in [2.05, 4.69) is 129 Å². The summed E-state index contributed by atoms with van der Waals surface area (Å²) in [4.78, 5) is 11.7. The molecule has 8 rings (SSSR count). The van der Waals surface area contributed by atoms with Crippen LogP contribution in [0.4, 0.5) is 17.1 Å². The fraction of sp³-hybridized carbons (Fsp3) is 0.0645. The SMILES string of the molecule is CN1C=CN(c2ccc3c(c2)B2c4cc(-c5nccs5)ccc4-c4ccccc4N2c2ccccc2-3)C1. The Morgan fingerprint density at radius 3 is 2.14 bits per heavy atom. The summed E-state index contributed by atoms with van der Waals surface area (Å²) in [7, 11) is 2.11. The standard InChI is InChI=1S/C31H23BN4S/c1-34-15-16-35(20-34)22-11-13-24-26-7-3-5-9-30(26)36-29-8-4-2-6-25(29)23-12-10-21(31-33-14-17-37-31)18-27(23)32(36)28(24)19-22/h2-19H,20H2,1H3. The lowest BCUT2D eigenvalue weighted by molar-refractivity contribution is 0.496. The molecule has 176 valence electrons. The van der Waals surface area contributed by atoms with Crippen molar-refractivity contribution in [3.05, 3.63) is 109 Å². The predicted molar refractivity (Wildman–Crippen MR) is 156 cm³/mol. The molecule has 37 heavy (non-hydrogen) atoms. The molecule has 3 aliphatic rings.